The van der Waals surface area contributed by atoms with Gasteiger partial charge in [-0.15, -0.1) is 11.3 Å². The SMILES string of the molecule is Cc1sc(Br)cc1-c1nn(-c2cccc(Cl)c2)cc1C=O. The molecule has 2 aromatic heterocycles. The van der Waals surface area contributed by atoms with Crippen molar-refractivity contribution in [2.75, 3.05) is 0 Å². The minimum Gasteiger partial charge on any atom is -0.298 e. The van der Waals surface area contributed by atoms with E-state index in [0.29, 0.717) is 16.3 Å². The molecule has 106 valence electrons. The molecule has 3 nitrogen and oxygen atoms in total. The summed E-state index contributed by atoms with van der Waals surface area (Å²) < 4.78 is 2.69. The van der Waals surface area contributed by atoms with Gasteiger partial charge in [0.25, 0.3) is 0 Å². The molecule has 0 bridgehead atoms. The fraction of sp³-hybridized carbons (Fsp3) is 0.0667. The topological polar surface area (TPSA) is 34.9 Å². The van der Waals surface area contributed by atoms with Crippen LogP contribution in [-0.2, 0) is 0 Å². The first-order chi connectivity index (χ1) is 10.1. The van der Waals surface area contributed by atoms with Gasteiger partial charge in [0.1, 0.15) is 5.69 Å². The van der Waals surface area contributed by atoms with Crippen molar-refractivity contribution >= 4 is 45.2 Å². The van der Waals surface area contributed by atoms with Gasteiger partial charge in [0.2, 0.25) is 0 Å². The third kappa shape index (κ3) is 2.81. The Bertz CT molecular complexity index is 825. The van der Waals surface area contributed by atoms with Crippen molar-refractivity contribution < 1.29 is 4.79 Å². The molecule has 1 aromatic carbocycles. The second-order valence-corrected chi connectivity index (χ2v) is 7.57. The van der Waals surface area contributed by atoms with E-state index in [1.54, 1.807) is 28.3 Å². The van der Waals surface area contributed by atoms with Crippen LogP contribution in [0.5, 0.6) is 0 Å². The fourth-order valence-electron chi connectivity index (χ4n) is 2.11. The lowest BCUT2D eigenvalue weighted by molar-refractivity contribution is 0.112. The van der Waals surface area contributed by atoms with Crippen LogP contribution in [-0.4, -0.2) is 16.1 Å². The number of carbonyl (C=O) groups excluding carboxylic acids is 1. The Morgan fingerprint density at radius 3 is 2.81 bits per heavy atom. The van der Waals surface area contributed by atoms with E-state index in [2.05, 4.69) is 21.0 Å². The molecule has 0 atom stereocenters. The number of hydrogen-bond acceptors (Lipinski definition) is 3. The standard InChI is InChI=1S/C15H10BrClN2OS/c1-9-13(6-14(16)21-9)15-10(8-20)7-19(18-15)12-4-2-3-11(17)5-12/h2-8H,1H3. The van der Waals surface area contributed by atoms with Crippen molar-refractivity contribution in [3.63, 3.8) is 0 Å². The summed E-state index contributed by atoms with van der Waals surface area (Å²) in [6, 6.07) is 9.34. The summed E-state index contributed by atoms with van der Waals surface area (Å²) >= 11 is 11.1. The molecule has 0 radical (unpaired) electrons. The van der Waals surface area contributed by atoms with Crippen LogP contribution in [0.25, 0.3) is 16.9 Å². The van der Waals surface area contributed by atoms with Crippen molar-refractivity contribution in [2.45, 2.75) is 6.92 Å². The predicted molar refractivity (Wildman–Crippen MR) is 89.7 cm³/mol. The number of hydrogen-bond donors (Lipinski definition) is 0. The van der Waals surface area contributed by atoms with Gasteiger partial charge in [0.05, 0.1) is 15.0 Å². The normalized spacial score (nSPS) is 10.8. The van der Waals surface area contributed by atoms with Crippen LogP contribution in [0.2, 0.25) is 5.02 Å². The molecule has 21 heavy (non-hydrogen) atoms. The Kier molecular flexibility index (Phi) is 3.97. The van der Waals surface area contributed by atoms with Crippen LogP contribution in [0.15, 0.2) is 40.3 Å². The summed E-state index contributed by atoms with van der Waals surface area (Å²) in [5.74, 6) is 0. The molecular weight excluding hydrogens is 372 g/mol. The molecule has 3 aromatic rings. The van der Waals surface area contributed by atoms with Gasteiger partial charge in [-0.05, 0) is 47.1 Å². The van der Waals surface area contributed by atoms with E-state index in [-0.39, 0.29) is 0 Å². The number of aryl methyl sites for hydroxylation is 1. The van der Waals surface area contributed by atoms with Gasteiger partial charge in [-0.1, -0.05) is 17.7 Å². The molecule has 0 amide bonds. The molecule has 0 fully saturated rings. The second-order valence-electron chi connectivity index (χ2n) is 4.50. The zero-order valence-corrected chi connectivity index (χ0v) is 14.2. The van der Waals surface area contributed by atoms with E-state index in [9.17, 15) is 4.79 Å². The lowest BCUT2D eigenvalue weighted by Crippen LogP contribution is -1.94. The average Bonchev–Trinajstić information content (AvgIpc) is 3.01. The largest absolute Gasteiger partial charge is 0.298 e. The first-order valence-corrected chi connectivity index (χ1v) is 8.14. The van der Waals surface area contributed by atoms with E-state index >= 15 is 0 Å². The number of nitrogens with zero attached hydrogens (tertiary/aromatic N) is 2. The lowest BCUT2D eigenvalue weighted by Gasteiger charge is -2.01. The lowest BCUT2D eigenvalue weighted by atomic mass is 10.1. The maximum Gasteiger partial charge on any atom is 0.153 e. The summed E-state index contributed by atoms with van der Waals surface area (Å²) in [5, 5.41) is 5.18. The number of aromatic nitrogens is 2. The van der Waals surface area contributed by atoms with E-state index in [1.165, 1.54) is 0 Å². The van der Waals surface area contributed by atoms with Crippen LogP contribution in [0, 0.1) is 6.92 Å². The number of aldehydes is 1. The minimum absolute atomic E-state index is 0.559. The first-order valence-electron chi connectivity index (χ1n) is 6.15. The van der Waals surface area contributed by atoms with Crippen LogP contribution in [0.1, 0.15) is 15.2 Å². The van der Waals surface area contributed by atoms with E-state index in [4.69, 9.17) is 11.6 Å². The molecule has 2 heterocycles. The van der Waals surface area contributed by atoms with Crippen LogP contribution in [0.3, 0.4) is 0 Å². The highest BCUT2D eigenvalue weighted by atomic mass is 79.9. The van der Waals surface area contributed by atoms with Gasteiger partial charge in [0, 0.05) is 21.7 Å². The molecule has 0 aliphatic heterocycles. The first kappa shape index (κ1) is 14.5. The fourth-order valence-corrected chi connectivity index (χ4v) is 3.99. The summed E-state index contributed by atoms with van der Waals surface area (Å²) in [5.41, 5.74) is 3.03. The monoisotopic (exact) mass is 380 g/mol. The number of thiophene rings is 1. The number of rotatable bonds is 3. The summed E-state index contributed by atoms with van der Waals surface area (Å²) in [7, 11) is 0. The summed E-state index contributed by atoms with van der Waals surface area (Å²) in [4.78, 5) is 12.5. The Morgan fingerprint density at radius 1 is 1.38 bits per heavy atom. The molecule has 3 rings (SSSR count). The molecule has 0 spiro atoms. The van der Waals surface area contributed by atoms with E-state index in [1.807, 2.05) is 31.2 Å². The maximum atomic E-state index is 11.3. The van der Waals surface area contributed by atoms with E-state index in [0.717, 1.165) is 26.2 Å². The van der Waals surface area contributed by atoms with Crippen LogP contribution >= 0.6 is 38.9 Å². The molecule has 0 aliphatic rings. The highest BCUT2D eigenvalue weighted by molar-refractivity contribution is 9.11. The smallest absolute Gasteiger partial charge is 0.153 e. The summed E-state index contributed by atoms with van der Waals surface area (Å²) in [6.07, 6.45) is 2.55. The van der Waals surface area contributed by atoms with Crippen molar-refractivity contribution in [3.05, 3.63) is 55.8 Å². The predicted octanol–water partition coefficient (Wildman–Crippen LogP) is 5.14. The molecule has 0 N–H and O–H groups in total. The van der Waals surface area contributed by atoms with Crippen LogP contribution < -0.4 is 0 Å². The zero-order chi connectivity index (χ0) is 15.0. The van der Waals surface area contributed by atoms with Gasteiger partial charge in [-0.3, -0.25) is 4.79 Å². The molecule has 0 saturated heterocycles. The molecule has 0 aliphatic carbocycles. The van der Waals surface area contributed by atoms with Gasteiger partial charge in [0.15, 0.2) is 6.29 Å². The third-order valence-electron chi connectivity index (χ3n) is 3.09. The number of halogens is 2. The second kappa shape index (κ2) is 5.75. The highest BCUT2D eigenvalue weighted by Crippen LogP contribution is 2.34. The van der Waals surface area contributed by atoms with Gasteiger partial charge in [-0.25, -0.2) is 4.68 Å². The Labute approximate surface area is 139 Å². The maximum absolute atomic E-state index is 11.3. The number of carbonyl (C=O) groups is 1. The molecule has 6 heteroatoms. The molecule has 0 unspecified atom stereocenters. The third-order valence-corrected chi connectivity index (χ3v) is 4.87. The highest BCUT2D eigenvalue weighted by Gasteiger charge is 2.15. The van der Waals surface area contributed by atoms with Crippen molar-refractivity contribution in [1.82, 2.24) is 9.78 Å². The van der Waals surface area contributed by atoms with Crippen LogP contribution in [0.4, 0.5) is 0 Å². The summed E-state index contributed by atoms with van der Waals surface area (Å²) in [6.45, 7) is 2.01. The van der Waals surface area contributed by atoms with Gasteiger partial charge >= 0.3 is 0 Å². The van der Waals surface area contributed by atoms with E-state index < -0.39 is 0 Å². The Hall–Kier alpha value is -1.43. The van der Waals surface area contributed by atoms with Crippen molar-refractivity contribution in [1.29, 1.82) is 0 Å². The Balaban J connectivity index is 2.15. The van der Waals surface area contributed by atoms with Gasteiger partial charge in [-0.2, -0.15) is 5.10 Å². The molecule has 0 saturated carbocycles. The Morgan fingerprint density at radius 2 is 2.19 bits per heavy atom. The average molecular weight is 382 g/mol. The van der Waals surface area contributed by atoms with Crippen molar-refractivity contribution in [2.24, 2.45) is 0 Å². The quantitative estimate of drug-likeness (QED) is 0.589. The zero-order valence-electron chi connectivity index (χ0n) is 11.0. The minimum atomic E-state index is 0.559. The molecular formula is C15H10BrClN2OS. The van der Waals surface area contributed by atoms with Crippen molar-refractivity contribution in [3.8, 4) is 16.9 Å². The van der Waals surface area contributed by atoms with Gasteiger partial charge < -0.3 is 0 Å². The number of benzene rings is 1.